The van der Waals surface area contributed by atoms with E-state index in [9.17, 15) is 9.59 Å². The molecule has 2 amide bonds. The largest absolute Gasteiger partial charge is 0.360 e. The van der Waals surface area contributed by atoms with E-state index in [1.54, 1.807) is 38.4 Å². The van der Waals surface area contributed by atoms with Crippen molar-refractivity contribution in [3.8, 4) is 11.4 Å². The predicted octanol–water partition coefficient (Wildman–Crippen LogP) is 4.19. The van der Waals surface area contributed by atoms with E-state index in [1.807, 2.05) is 24.4 Å². The maximum Gasteiger partial charge on any atom is 0.253 e. The molecule has 2 aromatic heterocycles. The Labute approximate surface area is 195 Å². The Morgan fingerprint density at radius 3 is 2.76 bits per heavy atom. The summed E-state index contributed by atoms with van der Waals surface area (Å²) in [7, 11) is 3.40. The molecule has 1 fully saturated rings. The van der Waals surface area contributed by atoms with Crippen LogP contribution in [0.3, 0.4) is 0 Å². The number of anilines is 1. The van der Waals surface area contributed by atoms with Crippen LogP contribution in [-0.4, -0.2) is 56.3 Å². The van der Waals surface area contributed by atoms with Gasteiger partial charge in [0.05, 0.1) is 5.75 Å². The Balaban J connectivity index is 1.31. The van der Waals surface area contributed by atoms with Crippen molar-refractivity contribution in [1.29, 1.82) is 0 Å². The van der Waals surface area contributed by atoms with Crippen LogP contribution < -0.4 is 5.32 Å². The topological polar surface area (TPSA) is 95.9 Å². The summed E-state index contributed by atoms with van der Waals surface area (Å²) in [4.78, 5) is 29.6. The summed E-state index contributed by atoms with van der Waals surface area (Å²) < 4.78 is 2.16. The van der Waals surface area contributed by atoms with Gasteiger partial charge in [-0.2, -0.15) is 0 Å². The molecule has 0 saturated heterocycles. The van der Waals surface area contributed by atoms with Gasteiger partial charge in [0.25, 0.3) is 5.91 Å². The monoisotopic (exact) mass is 460 g/mol. The van der Waals surface area contributed by atoms with E-state index >= 15 is 0 Å². The molecule has 1 aliphatic rings. The zero-order valence-electron chi connectivity index (χ0n) is 18.4. The van der Waals surface area contributed by atoms with Crippen molar-refractivity contribution in [3.63, 3.8) is 0 Å². The molecule has 168 valence electrons. The zero-order valence-corrected chi connectivity index (χ0v) is 19.2. The molecule has 1 aliphatic carbocycles. The number of benzene rings is 2. The first-order chi connectivity index (χ1) is 16.0. The molecule has 2 heterocycles. The molecule has 0 bridgehead atoms. The van der Waals surface area contributed by atoms with Crippen LogP contribution >= 0.6 is 11.8 Å². The maximum absolute atomic E-state index is 12.6. The number of rotatable bonds is 7. The van der Waals surface area contributed by atoms with Gasteiger partial charge in [-0.25, -0.2) is 0 Å². The second-order valence-electron chi connectivity index (χ2n) is 8.27. The zero-order chi connectivity index (χ0) is 22.9. The predicted molar refractivity (Wildman–Crippen MR) is 129 cm³/mol. The summed E-state index contributed by atoms with van der Waals surface area (Å²) >= 11 is 1.37. The highest BCUT2D eigenvalue weighted by Crippen LogP contribution is 2.42. The molecule has 0 radical (unpaired) electrons. The number of aromatic amines is 1. The first kappa shape index (κ1) is 21.3. The summed E-state index contributed by atoms with van der Waals surface area (Å²) in [6.07, 6.45) is 4.14. The van der Waals surface area contributed by atoms with E-state index < -0.39 is 0 Å². The normalized spacial score (nSPS) is 13.3. The molecule has 0 aliphatic heterocycles. The van der Waals surface area contributed by atoms with Crippen LogP contribution in [0, 0.1) is 0 Å². The van der Waals surface area contributed by atoms with Crippen molar-refractivity contribution in [2.75, 3.05) is 25.2 Å². The smallest absolute Gasteiger partial charge is 0.253 e. The van der Waals surface area contributed by atoms with Crippen LogP contribution in [-0.2, 0) is 4.79 Å². The molecule has 2 aromatic carbocycles. The fraction of sp³-hybridized carbons (Fsp3) is 0.250. The highest BCUT2D eigenvalue weighted by Gasteiger charge is 2.31. The molecule has 0 unspecified atom stereocenters. The van der Waals surface area contributed by atoms with E-state index in [4.69, 9.17) is 0 Å². The fourth-order valence-corrected chi connectivity index (χ4v) is 4.60. The van der Waals surface area contributed by atoms with Gasteiger partial charge in [0.1, 0.15) is 0 Å². The minimum absolute atomic E-state index is 0.109. The van der Waals surface area contributed by atoms with E-state index in [-0.39, 0.29) is 17.6 Å². The summed E-state index contributed by atoms with van der Waals surface area (Å²) in [5.41, 5.74) is 3.20. The molecule has 9 heteroatoms. The average molecular weight is 461 g/mol. The molecule has 33 heavy (non-hydrogen) atoms. The van der Waals surface area contributed by atoms with E-state index in [2.05, 4.69) is 31.1 Å². The fourth-order valence-electron chi connectivity index (χ4n) is 3.79. The molecule has 8 nitrogen and oxygen atoms in total. The van der Waals surface area contributed by atoms with E-state index in [0.717, 1.165) is 40.3 Å². The van der Waals surface area contributed by atoms with E-state index in [0.29, 0.717) is 17.3 Å². The summed E-state index contributed by atoms with van der Waals surface area (Å²) in [5, 5.41) is 13.6. The summed E-state index contributed by atoms with van der Waals surface area (Å²) in [6.45, 7) is 0. The third-order valence-electron chi connectivity index (χ3n) is 5.54. The molecular formula is C24H24N6O2S. The first-order valence-corrected chi connectivity index (χ1v) is 11.8. The second-order valence-corrected chi connectivity index (χ2v) is 9.22. The Morgan fingerprint density at radius 2 is 1.97 bits per heavy atom. The number of para-hydroxylation sites is 1. The van der Waals surface area contributed by atoms with Gasteiger partial charge in [0, 0.05) is 54.1 Å². The van der Waals surface area contributed by atoms with Crippen molar-refractivity contribution < 1.29 is 9.59 Å². The van der Waals surface area contributed by atoms with Gasteiger partial charge >= 0.3 is 0 Å². The van der Waals surface area contributed by atoms with Crippen molar-refractivity contribution in [2.24, 2.45) is 0 Å². The third-order valence-corrected chi connectivity index (χ3v) is 6.48. The number of hydrogen-bond acceptors (Lipinski definition) is 5. The van der Waals surface area contributed by atoms with E-state index in [1.165, 1.54) is 16.7 Å². The van der Waals surface area contributed by atoms with Gasteiger partial charge in [-0.05, 0) is 37.1 Å². The van der Waals surface area contributed by atoms with Gasteiger partial charge in [0.15, 0.2) is 11.0 Å². The van der Waals surface area contributed by atoms with Gasteiger partial charge in [-0.15, -0.1) is 10.2 Å². The number of amides is 2. The van der Waals surface area contributed by atoms with Crippen molar-refractivity contribution in [1.82, 2.24) is 24.6 Å². The average Bonchev–Trinajstić information content (AvgIpc) is 3.43. The third kappa shape index (κ3) is 4.36. The maximum atomic E-state index is 12.6. The summed E-state index contributed by atoms with van der Waals surface area (Å²) in [5.74, 6) is 0.758. The Hall–Kier alpha value is -3.59. The number of carbonyl (C=O) groups is 2. The van der Waals surface area contributed by atoms with Gasteiger partial charge in [0.2, 0.25) is 5.91 Å². The van der Waals surface area contributed by atoms with Gasteiger partial charge < -0.3 is 15.2 Å². The van der Waals surface area contributed by atoms with Crippen LogP contribution in [0.1, 0.15) is 29.2 Å². The molecule has 1 saturated carbocycles. The molecular weight excluding hydrogens is 436 g/mol. The molecule has 4 aromatic rings. The molecule has 0 atom stereocenters. The van der Waals surface area contributed by atoms with Crippen molar-refractivity contribution >= 4 is 40.2 Å². The van der Waals surface area contributed by atoms with Crippen molar-refractivity contribution in [2.45, 2.75) is 24.0 Å². The van der Waals surface area contributed by atoms with Crippen LogP contribution in [0.15, 0.2) is 59.9 Å². The first-order valence-electron chi connectivity index (χ1n) is 10.8. The lowest BCUT2D eigenvalue weighted by molar-refractivity contribution is -0.113. The Morgan fingerprint density at radius 1 is 1.15 bits per heavy atom. The number of aromatic nitrogens is 4. The highest BCUT2D eigenvalue weighted by molar-refractivity contribution is 7.99. The van der Waals surface area contributed by atoms with Crippen LogP contribution in [0.5, 0.6) is 0 Å². The van der Waals surface area contributed by atoms with Crippen LogP contribution in [0.4, 0.5) is 5.69 Å². The Kier molecular flexibility index (Phi) is 5.63. The molecule has 0 spiro atoms. The number of H-pyrrole nitrogens is 1. The van der Waals surface area contributed by atoms with Gasteiger partial charge in [-0.3, -0.25) is 14.2 Å². The van der Waals surface area contributed by atoms with Crippen molar-refractivity contribution in [3.05, 3.63) is 60.3 Å². The number of nitrogens with zero attached hydrogens (tertiary/aromatic N) is 4. The van der Waals surface area contributed by atoms with Crippen LogP contribution in [0.25, 0.3) is 22.3 Å². The Bertz CT molecular complexity index is 1340. The number of fused-ring (bicyclic) bond motifs is 1. The quantitative estimate of drug-likeness (QED) is 0.403. The lowest BCUT2D eigenvalue weighted by Gasteiger charge is -2.12. The van der Waals surface area contributed by atoms with Gasteiger partial charge in [-0.1, -0.05) is 36.0 Å². The number of thioether (sulfide) groups is 1. The molecule has 5 rings (SSSR count). The highest BCUT2D eigenvalue weighted by atomic mass is 32.2. The molecule has 2 N–H and O–H groups in total. The summed E-state index contributed by atoms with van der Waals surface area (Å²) in [6, 6.07) is 15.4. The minimum atomic E-state index is -0.159. The number of hydrogen-bond donors (Lipinski definition) is 2. The number of nitrogens with one attached hydrogen (secondary N) is 2. The second kappa shape index (κ2) is 8.74. The standard InChI is InChI=1S/C24H24N6O2S/c1-29(2)23(32)15-6-5-7-16(12-15)26-21(31)14-33-24-28-27-22(30(24)17-10-11-17)19-13-25-20-9-4-3-8-18(19)20/h3-9,12-13,17,25H,10-11,14H2,1-2H3,(H,26,31). The lowest BCUT2D eigenvalue weighted by Crippen LogP contribution is -2.22. The lowest BCUT2D eigenvalue weighted by atomic mass is 10.1. The van der Waals surface area contributed by atoms with Crippen LogP contribution in [0.2, 0.25) is 0 Å². The minimum Gasteiger partial charge on any atom is -0.360 e. The SMILES string of the molecule is CN(C)C(=O)c1cccc(NC(=O)CSc2nnc(-c3c[nH]c4ccccc34)n2C2CC2)c1. The number of carbonyl (C=O) groups excluding carboxylic acids is 2.